The summed E-state index contributed by atoms with van der Waals surface area (Å²) in [6, 6.07) is 10.9. The Morgan fingerprint density at radius 3 is 2.20 bits per heavy atom. The third kappa shape index (κ3) is 13.0. The first-order valence-electron chi connectivity index (χ1n) is 25.0. The summed E-state index contributed by atoms with van der Waals surface area (Å²) in [6.45, 7) is 12.3. The van der Waals surface area contributed by atoms with Crippen LogP contribution < -0.4 is 16.3 Å². The number of benzene rings is 2. The molecule has 5 aromatic rings. The highest BCUT2D eigenvalue weighted by molar-refractivity contribution is 6.00. The number of aliphatic hydroxyl groups excluding tert-OH is 1. The number of imidazole rings is 1. The Balaban J connectivity index is 0.662. The SMILES string of the molecule is CCCCNc1ncc2c(-c3ccc(CN4CCN(CCOCCOCCOCCOCCCc5ccc6c(c5)n(C)c(=O)n6[C@H]5CCC(=O)NC5=O)CC4)cc3F)cn([C@H]3CC[C@H](O)CC3)c2n1. The number of unbranched alkanes of at least 4 members (excludes halogenated alkanes) is 1. The van der Waals surface area contributed by atoms with Gasteiger partial charge in [-0.3, -0.25) is 33.8 Å². The second-order valence-corrected chi connectivity index (χ2v) is 18.6. The van der Waals surface area contributed by atoms with E-state index >= 15 is 4.39 Å². The highest BCUT2D eigenvalue weighted by atomic mass is 19.1. The number of carbonyl (C=O) groups is 2. The number of nitrogens with zero attached hydrogens (tertiary/aromatic N) is 7. The van der Waals surface area contributed by atoms with Gasteiger partial charge in [-0.2, -0.15) is 4.98 Å². The highest BCUT2D eigenvalue weighted by Gasteiger charge is 2.31. The van der Waals surface area contributed by atoms with Crippen molar-refractivity contribution in [1.82, 2.24) is 38.8 Å². The molecular formula is C51H70FN9O8. The molecular weight excluding hydrogens is 886 g/mol. The average molecular weight is 956 g/mol. The van der Waals surface area contributed by atoms with E-state index in [1.54, 1.807) is 17.7 Å². The zero-order valence-electron chi connectivity index (χ0n) is 40.3. The summed E-state index contributed by atoms with van der Waals surface area (Å²) >= 11 is 0. The molecule has 3 aliphatic rings. The minimum atomic E-state index is -0.695. The van der Waals surface area contributed by atoms with Crippen LogP contribution in [0.1, 0.15) is 87.9 Å². The molecule has 3 aromatic heterocycles. The van der Waals surface area contributed by atoms with E-state index in [1.165, 1.54) is 4.57 Å². The lowest BCUT2D eigenvalue weighted by Gasteiger charge is -2.34. The van der Waals surface area contributed by atoms with Crippen molar-refractivity contribution in [2.24, 2.45) is 7.05 Å². The van der Waals surface area contributed by atoms with Crippen molar-refractivity contribution in [2.75, 3.05) is 97.4 Å². The normalized spacial score (nSPS) is 19.5. The van der Waals surface area contributed by atoms with Crippen LogP contribution in [0, 0.1) is 5.82 Å². The summed E-state index contributed by atoms with van der Waals surface area (Å²) in [5.74, 6) is -0.405. The van der Waals surface area contributed by atoms with Crippen LogP contribution in [0.4, 0.5) is 10.3 Å². The second-order valence-electron chi connectivity index (χ2n) is 18.6. The number of piperazine rings is 1. The van der Waals surface area contributed by atoms with Gasteiger partial charge in [0.15, 0.2) is 0 Å². The Morgan fingerprint density at radius 2 is 1.49 bits per heavy atom. The molecule has 2 aliphatic heterocycles. The third-order valence-electron chi connectivity index (χ3n) is 13.7. The van der Waals surface area contributed by atoms with Crippen LogP contribution in [0.2, 0.25) is 0 Å². The molecule has 1 aliphatic carbocycles. The molecule has 2 saturated heterocycles. The van der Waals surface area contributed by atoms with E-state index in [2.05, 4.69) is 36.9 Å². The predicted molar refractivity (Wildman–Crippen MR) is 262 cm³/mol. The molecule has 69 heavy (non-hydrogen) atoms. The predicted octanol–water partition coefficient (Wildman–Crippen LogP) is 5.37. The van der Waals surface area contributed by atoms with Crippen LogP contribution in [0.15, 0.2) is 53.6 Å². The first kappa shape index (κ1) is 50.3. The molecule has 17 nitrogen and oxygen atoms in total. The first-order valence-corrected chi connectivity index (χ1v) is 25.0. The number of halogens is 1. The van der Waals surface area contributed by atoms with Gasteiger partial charge in [0.25, 0.3) is 0 Å². The van der Waals surface area contributed by atoms with Crippen molar-refractivity contribution in [2.45, 2.75) is 95.9 Å². The van der Waals surface area contributed by atoms with E-state index in [0.717, 1.165) is 124 Å². The number of hydrogen-bond donors (Lipinski definition) is 3. The fraction of sp³-hybridized carbons (Fsp3) is 0.588. The maximum atomic E-state index is 16.0. The van der Waals surface area contributed by atoms with Crippen LogP contribution in [0.3, 0.4) is 0 Å². The number of rotatable bonds is 25. The van der Waals surface area contributed by atoms with E-state index in [4.69, 9.17) is 23.9 Å². The number of carbonyl (C=O) groups excluding carboxylic acids is 2. The van der Waals surface area contributed by atoms with Crippen LogP contribution in [-0.4, -0.2) is 149 Å². The molecule has 0 bridgehead atoms. The van der Waals surface area contributed by atoms with E-state index in [-0.39, 0.29) is 36.0 Å². The minimum absolute atomic E-state index is 0.194. The van der Waals surface area contributed by atoms with Gasteiger partial charge in [0, 0.05) is 101 Å². The number of piperidine rings is 1. The Morgan fingerprint density at radius 1 is 0.797 bits per heavy atom. The van der Waals surface area contributed by atoms with E-state index in [9.17, 15) is 19.5 Å². The molecule has 0 radical (unpaired) electrons. The van der Waals surface area contributed by atoms with E-state index in [0.29, 0.717) is 82.8 Å². The Bertz CT molecular complexity index is 2550. The molecule has 3 fully saturated rings. The van der Waals surface area contributed by atoms with Crippen molar-refractivity contribution < 1.29 is 38.0 Å². The number of anilines is 1. The first-order chi connectivity index (χ1) is 33.7. The second kappa shape index (κ2) is 24.7. The Labute approximate surface area is 403 Å². The van der Waals surface area contributed by atoms with E-state index < -0.39 is 11.9 Å². The number of fused-ring (bicyclic) bond motifs is 2. The van der Waals surface area contributed by atoms with E-state index in [1.807, 2.05) is 42.7 Å². The summed E-state index contributed by atoms with van der Waals surface area (Å²) in [5.41, 5.74) is 5.34. The fourth-order valence-electron chi connectivity index (χ4n) is 9.75. The lowest BCUT2D eigenvalue weighted by Crippen LogP contribution is -2.46. The number of amides is 2. The highest BCUT2D eigenvalue weighted by Crippen LogP contribution is 2.38. The quantitative estimate of drug-likeness (QED) is 0.0503. The molecule has 18 heteroatoms. The zero-order valence-corrected chi connectivity index (χ0v) is 40.3. The summed E-state index contributed by atoms with van der Waals surface area (Å²) in [4.78, 5) is 51.4. The molecule has 8 rings (SSSR count). The van der Waals surface area contributed by atoms with Crippen molar-refractivity contribution in [3.8, 4) is 11.1 Å². The van der Waals surface area contributed by atoms with Gasteiger partial charge in [0.05, 0.1) is 63.4 Å². The van der Waals surface area contributed by atoms with Gasteiger partial charge >= 0.3 is 5.69 Å². The summed E-state index contributed by atoms with van der Waals surface area (Å²) in [7, 11) is 1.70. The van der Waals surface area contributed by atoms with Gasteiger partial charge in [0.1, 0.15) is 17.5 Å². The Kier molecular flexibility index (Phi) is 18.0. The Hall–Kier alpha value is -5.08. The van der Waals surface area contributed by atoms with Crippen LogP contribution in [0.5, 0.6) is 0 Å². The number of hydrogen-bond acceptors (Lipinski definition) is 13. The van der Waals surface area contributed by atoms with Crippen LogP contribution in [-0.2, 0) is 48.5 Å². The van der Waals surface area contributed by atoms with Crippen molar-refractivity contribution in [1.29, 1.82) is 0 Å². The minimum Gasteiger partial charge on any atom is -0.393 e. The van der Waals surface area contributed by atoms with Crippen molar-refractivity contribution in [3.05, 3.63) is 76.2 Å². The number of nitrogens with one attached hydrogen (secondary N) is 2. The maximum Gasteiger partial charge on any atom is 0.329 e. The molecule has 3 N–H and O–H groups in total. The monoisotopic (exact) mass is 956 g/mol. The standard InChI is InChI=1S/C51H70FN9O8/c1-3-4-17-53-50-54-33-41-42(35-60(48(41)56-50)38-9-11-39(62)12-10-38)40-13-7-37(31-43(40)52)34-59-20-18-58(19-21-59)22-24-67-26-28-69-30-29-68-27-25-66-23-5-6-36-8-14-44-46(32-36)57(2)51(65)61(44)45-15-16-47(63)55-49(45)64/h7-8,13-14,31-33,35,38-39,45,62H,3-6,9-12,15-30,34H2,1-2H3,(H,53,54,56)(H,55,63,64)/t38-,39-,45-/m0/s1. The number of aliphatic hydroxyl groups is 1. The van der Waals surface area contributed by atoms with Crippen LogP contribution in [0.25, 0.3) is 33.2 Å². The van der Waals surface area contributed by atoms with Gasteiger partial charge in [-0.05, 0) is 80.7 Å². The topological polar surface area (TPSA) is 179 Å². The smallest absolute Gasteiger partial charge is 0.329 e. The molecule has 0 unspecified atom stereocenters. The lowest BCUT2D eigenvalue weighted by atomic mass is 9.93. The lowest BCUT2D eigenvalue weighted by molar-refractivity contribution is -0.135. The molecule has 2 amide bonds. The van der Waals surface area contributed by atoms with Crippen LogP contribution >= 0.6 is 0 Å². The summed E-state index contributed by atoms with van der Waals surface area (Å²) in [6.07, 6.45) is 11.0. The molecule has 1 saturated carbocycles. The number of aryl methyl sites for hydroxylation is 2. The molecule has 5 heterocycles. The van der Waals surface area contributed by atoms with Gasteiger partial charge in [-0.15, -0.1) is 0 Å². The summed E-state index contributed by atoms with van der Waals surface area (Å²) < 4.78 is 44.2. The molecule has 2 aromatic carbocycles. The third-order valence-corrected chi connectivity index (χ3v) is 13.7. The maximum absolute atomic E-state index is 16.0. The molecule has 374 valence electrons. The number of ether oxygens (including phenoxy) is 4. The average Bonchev–Trinajstić information content (AvgIpc) is 3.84. The van der Waals surface area contributed by atoms with Gasteiger partial charge in [-0.25, -0.2) is 14.2 Å². The number of imide groups is 1. The van der Waals surface area contributed by atoms with Gasteiger partial charge in [0.2, 0.25) is 17.8 Å². The largest absolute Gasteiger partial charge is 0.393 e. The molecule has 0 spiro atoms. The van der Waals surface area contributed by atoms with Gasteiger partial charge < -0.3 is 33.9 Å². The van der Waals surface area contributed by atoms with Crippen molar-refractivity contribution >= 4 is 39.8 Å². The summed E-state index contributed by atoms with van der Waals surface area (Å²) in [5, 5.41) is 16.7. The zero-order chi connectivity index (χ0) is 48.1. The fourth-order valence-corrected chi connectivity index (χ4v) is 9.75. The van der Waals surface area contributed by atoms with Gasteiger partial charge in [-0.1, -0.05) is 31.5 Å². The number of aromatic nitrogens is 5. The molecule has 1 atom stereocenters. The van der Waals surface area contributed by atoms with Crippen molar-refractivity contribution in [3.63, 3.8) is 0 Å².